The Morgan fingerprint density at radius 1 is 1.22 bits per heavy atom. The van der Waals surface area contributed by atoms with Crippen LogP contribution in [0.5, 0.6) is 0 Å². The molecule has 23 heavy (non-hydrogen) atoms. The van der Waals surface area contributed by atoms with Gasteiger partial charge in [0.1, 0.15) is 20.9 Å². The van der Waals surface area contributed by atoms with E-state index in [-0.39, 0.29) is 5.54 Å². The topological polar surface area (TPSA) is 69.6 Å². The number of aromatic nitrogens is 4. The Morgan fingerprint density at radius 3 is 2.83 bits per heavy atom. The molecule has 2 N–H and O–H groups in total. The van der Waals surface area contributed by atoms with Crippen LogP contribution in [0.25, 0.3) is 32.0 Å². The number of nitrogens with two attached hydrogens (primary N) is 1. The minimum Gasteiger partial charge on any atom is -0.332 e. The maximum absolute atomic E-state index is 6.22. The van der Waals surface area contributed by atoms with E-state index < -0.39 is 0 Å². The molecule has 0 spiro atoms. The Labute approximate surface area is 137 Å². The van der Waals surface area contributed by atoms with Crippen molar-refractivity contribution in [3.8, 4) is 10.6 Å². The first-order valence-corrected chi connectivity index (χ1v) is 8.21. The zero-order valence-electron chi connectivity index (χ0n) is 13.2. The van der Waals surface area contributed by atoms with Crippen molar-refractivity contribution in [2.45, 2.75) is 19.4 Å². The predicted octanol–water partition coefficient (Wildman–Crippen LogP) is 3.44. The average Bonchev–Trinajstić information content (AvgIpc) is 3.10. The summed E-state index contributed by atoms with van der Waals surface area (Å²) in [4.78, 5) is 14.6. The Bertz CT molecular complexity index is 1020. The van der Waals surface area contributed by atoms with Crippen LogP contribution in [0.4, 0.5) is 0 Å². The summed E-state index contributed by atoms with van der Waals surface area (Å²) in [6, 6.07) is 8.25. The Hall–Kier alpha value is -2.31. The number of pyridine rings is 1. The summed E-state index contributed by atoms with van der Waals surface area (Å²) in [7, 11) is 1.98. The van der Waals surface area contributed by atoms with Crippen molar-refractivity contribution >= 4 is 32.7 Å². The van der Waals surface area contributed by atoms with Crippen molar-refractivity contribution in [3.05, 3.63) is 42.4 Å². The number of hydrogen-bond donors (Lipinski definition) is 1. The van der Waals surface area contributed by atoms with E-state index in [4.69, 9.17) is 10.7 Å². The van der Waals surface area contributed by atoms with Gasteiger partial charge in [-0.15, -0.1) is 0 Å². The van der Waals surface area contributed by atoms with E-state index in [2.05, 4.69) is 22.1 Å². The Morgan fingerprint density at radius 2 is 2.04 bits per heavy atom. The molecular formula is C17H17N5S. The highest BCUT2D eigenvalue weighted by molar-refractivity contribution is 7.21. The van der Waals surface area contributed by atoms with Gasteiger partial charge in [-0.3, -0.25) is 0 Å². The average molecular weight is 323 g/mol. The van der Waals surface area contributed by atoms with Crippen molar-refractivity contribution in [2.75, 3.05) is 0 Å². The zero-order valence-corrected chi connectivity index (χ0v) is 14.1. The minimum atomic E-state index is -0.375. The van der Waals surface area contributed by atoms with Gasteiger partial charge in [-0.1, -0.05) is 29.5 Å². The van der Waals surface area contributed by atoms with Crippen LogP contribution in [0.3, 0.4) is 0 Å². The lowest BCUT2D eigenvalue weighted by molar-refractivity contribution is 0.554. The van der Waals surface area contributed by atoms with Crippen LogP contribution in [0.1, 0.15) is 19.4 Å². The second kappa shape index (κ2) is 4.84. The molecule has 3 aromatic heterocycles. The van der Waals surface area contributed by atoms with Gasteiger partial charge in [0.05, 0.1) is 18.0 Å². The van der Waals surface area contributed by atoms with E-state index in [1.54, 1.807) is 23.9 Å². The number of thiazole rings is 1. The lowest BCUT2D eigenvalue weighted by Crippen LogP contribution is -2.28. The maximum atomic E-state index is 6.22. The molecule has 0 radical (unpaired) electrons. The van der Waals surface area contributed by atoms with Gasteiger partial charge >= 0.3 is 0 Å². The van der Waals surface area contributed by atoms with Crippen LogP contribution in [0.2, 0.25) is 0 Å². The van der Waals surface area contributed by atoms with E-state index in [0.29, 0.717) is 0 Å². The van der Waals surface area contributed by atoms with Crippen LogP contribution in [0, 0.1) is 0 Å². The molecule has 0 aliphatic rings. The predicted molar refractivity (Wildman–Crippen MR) is 94.3 cm³/mol. The standard InChI is InChI=1S/C17H17N5S/c1-17(2,18)11-6-4-5-10(7-11)15-21-13-14-12(20-9-22(14)3)8-19-16(13)23-15/h4-9H,18H2,1-3H3. The fourth-order valence-corrected chi connectivity index (χ4v) is 3.59. The van der Waals surface area contributed by atoms with E-state index in [1.807, 2.05) is 37.6 Å². The van der Waals surface area contributed by atoms with Gasteiger partial charge in [0, 0.05) is 18.2 Å². The van der Waals surface area contributed by atoms with Crippen molar-refractivity contribution < 1.29 is 0 Å². The van der Waals surface area contributed by atoms with Gasteiger partial charge < -0.3 is 10.3 Å². The van der Waals surface area contributed by atoms with Crippen molar-refractivity contribution in [2.24, 2.45) is 12.8 Å². The molecule has 3 heterocycles. The summed E-state index contributed by atoms with van der Waals surface area (Å²) in [5.41, 5.74) is 10.8. The van der Waals surface area contributed by atoms with Gasteiger partial charge in [-0.05, 0) is 25.5 Å². The third kappa shape index (κ3) is 2.31. The van der Waals surface area contributed by atoms with E-state index in [1.165, 1.54) is 0 Å². The quantitative estimate of drug-likeness (QED) is 0.613. The summed E-state index contributed by atoms with van der Waals surface area (Å²) in [5.74, 6) is 0. The molecule has 0 aliphatic heterocycles. The molecule has 1 aromatic carbocycles. The molecule has 0 amide bonds. The van der Waals surface area contributed by atoms with E-state index >= 15 is 0 Å². The molecule has 6 heteroatoms. The van der Waals surface area contributed by atoms with Gasteiger partial charge in [0.2, 0.25) is 0 Å². The lowest BCUT2D eigenvalue weighted by Gasteiger charge is -2.19. The lowest BCUT2D eigenvalue weighted by atomic mass is 9.94. The molecule has 0 aliphatic carbocycles. The molecule has 4 aromatic rings. The van der Waals surface area contributed by atoms with Gasteiger partial charge in [0.15, 0.2) is 0 Å². The minimum absolute atomic E-state index is 0.375. The highest BCUT2D eigenvalue weighted by atomic mass is 32.1. The maximum Gasteiger partial charge on any atom is 0.146 e. The Balaban J connectivity index is 1.93. The van der Waals surface area contributed by atoms with Gasteiger partial charge in [0.25, 0.3) is 0 Å². The Kier molecular flexibility index (Phi) is 3.01. The third-order valence-electron chi connectivity index (χ3n) is 3.96. The first-order valence-electron chi connectivity index (χ1n) is 7.40. The van der Waals surface area contributed by atoms with E-state index in [0.717, 1.165) is 37.5 Å². The SMILES string of the molecule is Cn1cnc2cnc3sc(-c4cccc(C(C)(C)N)c4)nc3c21. The monoisotopic (exact) mass is 323 g/mol. The van der Waals surface area contributed by atoms with Crippen LogP contribution in [-0.2, 0) is 12.6 Å². The molecule has 0 unspecified atom stereocenters. The fraction of sp³-hybridized carbons (Fsp3) is 0.235. The number of imidazole rings is 1. The highest BCUT2D eigenvalue weighted by Crippen LogP contribution is 2.33. The molecular weight excluding hydrogens is 306 g/mol. The first-order chi connectivity index (χ1) is 10.9. The van der Waals surface area contributed by atoms with E-state index in [9.17, 15) is 0 Å². The van der Waals surface area contributed by atoms with Gasteiger partial charge in [-0.2, -0.15) is 0 Å². The highest BCUT2D eigenvalue weighted by Gasteiger charge is 2.17. The molecule has 116 valence electrons. The molecule has 4 rings (SSSR count). The molecule has 0 atom stereocenters. The van der Waals surface area contributed by atoms with Gasteiger partial charge in [-0.25, -0.2) is 15.0 Å². The number of benzene rings is 1. The first kappa shape index (κ1) is 14.3. The third-order valence-corrected chi connectivity index (χ3v) is 4.97. The van der Waals surface area contributed by atoms with Crippen LogP contribution >= 0.6 is 11.3 Å². The van der Waals surface area contributed by atoms with Crippen molar-refractivity contribution in [3.63, 3.8) is 0 Å². The van der Waals surface area contributed by atoms with Crippen molar-refractivity contribution in [1.82, 2.24) is 19.5 Å². The van der Waals surface area contributed by atoms with Crippen LogP contribution < -0.4 is 5.73 Å². The number of aryl methyl sites for hydroxylation is 1. The smallest absolute Gasteiger partial charge is 0.146 e. The summed E-state index contributed by atoms with van der Waals surface area (Å²) >= 11 is 1.59. The van der Waals surface area contributed by atoms with Crippen LogP contribution in [0.15, 0.2) is 36.8 Å². The normalized spacial score (nSPS) is 12.3. The molecule has 0 bridgehead atoms. The molecule has 0 saturated carbocycles. The molecule has 0 saturated heterocycles. The summed E-state index contributed by atoms with van der Waals surface area (Å²) in [6.07, 6.45) is 3.60. The molecule has 5 nitrogen and oxygen atoms in total. The fourth-order valence-electron chi connectivity index (χ4n) is 2.68. The number of hydrogen-bond acceptors (Lipinski definition) is 5. The van der Waals surface area contributed by atoms with Crippen molar-refractivity contribution in [1.29, 1.82) is 0 Å². The summed E-state index contributed by atoms with van der Waals surface area (Å²) < 4.78 is 1.99. The summed E-state index contributed by atoms with van der Waals surface area (Å²) in [5, 5.41) is 0.951. The summed E-state index contributed by atoms with van der Waals surface area (Å²) in [6.45, 7) is 4.01. The number of fused-ring (bicyclic) bond motifs is 3. The van der Waals surface area contributed by atoms with Crippen LogP contribution in [-0.4, -0.2) is 19.5 Å². The second-order valence-electron chi connectivity index (χ2n) is 6.32. The largest absolute Gasteiger partial charge is 0.332 e. The number of rotatable bonds is 2. The zero-order chi connectivity index (χ0) is 16.2. The number of nitrogens with zero attached hydrogens (tertiary/aromatic N) is 4. The second-order valence-corrected chi connectivity index (χ2v) is 7.30. The molecule has 0 fully saturated rings.